The van der Waals surface area contributed by atoms with Gasteiger partial charge in [-0.2, -0.15) is 0 Å². The first kappa shape index (κ1) is 26.1. The van der Waals surface area contributed by atoms with Gasteiger partial charge in [-0.05, 0) is 23.8 Å². The lowest BCUT2D eigenvalue weighted by atomic mass is 9.93. The maximum atomic E-state index is 15.1. The SMILES string of the molecule is CN(C)C(=O)c1cccc(-c2c[nH]c3nccc(Oc4c(F)cc(NC5=NC[C@](C)(CO)CO5)cc4F)c23)c1. The van der Waals surface area contributed by atoms with Crippen molar-refractivity contribution >= 4 is 28.6 Å². The maximum Gasteiger partial charge on any atom is 0.289 e. The number of aliphatic imine (C=N–C) groups is 1. The number of rotatable bonds is 6. The van der Waals surface area contributed by atoms with Gasteiger partial charge in [0.2, 0.25) is 0 Å². The summed E-state index contributed by atoms with van der Waals surface area (Å²) in [7, 11) is 3.34. The average Bonchev–Trinajstić information content (AvgIpc) is 3.37. The molecule has 0 spiro atoms. The molecule has 2 aromatic heterocycles. The van der Waals surface area contributed by atoms with Crippen LogP contribution in [0.15, 0.2) is 59.9 Å². The van der Waals surface area contributed by atoms with E-state index in [9.17, 15) is 9.90 Å². The molecule has 0 fully saturated rings. The maximum absolute atomic E-state index is 15.1. The van der Waals surface area contributed by atoms with Crippen LogP contribution in [-0.2, 0) is 4.74 Å². The third-order valence-electron chi connectivity index (χ3n) is 6.37. The quantitative estimate of drug-likeness (QED) is 0.327. The molecule has 4 aromatic rings. The number of aromatic amines is 1. The Hall–Kier alpha value is -4.51. The number of H-pyrrole nitrogens is 1. The van der Waals surface area contributed by atoms with E-state index in [0.29, 0.717) is 34.3 Å². The number of aliphatic hydroxyl groups excluding tert-OH is 1. The Balaban J connectivity index is 1.45. The Morgan fingerprint density at radius 1 is 1.23 bits per heavy atom. The number of amides is 1. The minimum Gasteiger partial charge on any atom is -0.464 e. The number of ether oxygens (including phenoxy) is 2. The number of carbonyl (C=O) groups excluding carboxylic acids is 1. The van der Waals surface area contributed by atoms with Crippen LogP contribution >= 0.6 is 0 Å². The summed E-state index contributed by atoms with van der Waals surface area (Å²) in [4.78, 5) is 25.5. The summed E-state index contributed by atoms with van der Waals surface area (Å²) in [5.74, 6) is -2.43. The molecule has 0 bridgehead atoms. The number of aromatic nitrogens is 2. The number of pyridine rings is 1. The van der Waals surface area contributed by atoms with E-state index in [0.717, 1.165) is 12.1 Å². The number of aliphatic hydroxyl groups is 1. The van der Waals surface area contributed by atoms with E-state index < -0.39 is 22.8 Å². The van der Waals surface area contributed by atoms with Gasteiger partial charge in [0.1, 0.15) is 18.0 Å². The lowest BCUT2D eigenvalue weighted by molar-refractivity contribution is 0.0706. The number of hydrogen-bond acceptors (Lipinski definition) is 7. The summed E-state index contributed by atoms with van der Waals surface area (Å²) in [5, 5.41) is 12.7. The van der Waals surface area contributed by atoms with E-state index in [1.807, 2.05) is 13.0 Å². The molecule has 1 aliphatic heterocycles. The highest BCUT2D eigenvalue weighted by atomic mass is 19.1. The standard InChI is InChI=1S/C28H27F2N5O4/c1-28(14-36)13-33-27(38-15-28)34-18-10-20(29)24(21(30)11-18)39-22-7-8-31-25-23(22)19(12-32-25)16-5-4-6-17(9-16)26(37)35(2)3/h4-12,36H,13-15H2,1-3H3,(H,31,32)(H,33,34)/t28-/m1/s1. The van der Waals surface area contributed by atoms with Crippen molar-refractivity contribution in [3.05, 3.63) is 72.1 Å². The van der Waals surface area contributed by atoms with Gasteiger partial charge in [0.15, 0.2) is 17.4 Å². The molecule has 3 heterocycles. The summed E-state index contributed by atoms with van der Waals surface area (Å²) < 4.78 is 41.5. The van der Waals surface area contributed by atoms with E-state index in [1.54, 1.807) is 38.5 Å². The van der Waals surface area contributed by atoms with Crippen LogP contribution in [0.3, 0.4) is 0 Å². The van der Waals surface area contributed by atoms with Crippen molar-refractivity contribution in [2.45, 2.75) is 6.92 Å². The van der Waals surface area contributed by atoms with E-state index in [2.05, 4.69) is 20.3 Å². The summed E-state index contributed by atoms with van der Waals surface area (Å²) in [6.45, 7) is 2.25. The fourth-order valence-corrected chi connectivity index (χ4v) is 4.15. The summed E-state index contributed by atoms with van der Waals surface area (Å²) >= 11 is 0. The number of nitrogens with one attached hydrogen (secondary N) is 2. The van der Waals surface area contributed by atoms with Crippen LogP contribution in [0.2, 0.25) is 0 Å². The molecule has 5 rings (SSSR count). The molecule has 2 aromatic carbocycles. The average molecular weight is 536 g/mol. The minimum absolute atomic E-state index is 0.0910. The zero-order valence-electron chi connectivity index (χ0n) is 21.6. The first-order valence-electron chi connectivity index (χ1n) is 12.2. The van der Waals surface area contributed by atoms with Crippen LogP contribution in [0.5, 0.6) is 11.5 Å². The van der Waals surface area contributed by atoms with E-state index in [-0.39, 0.29) is 36.6 Å². The van der Waals surface area contributed by atoms with Crippen molar-refractivity contribution < 1.29 is 28.2 Å². The van der Waals surface area contributed by atoms with Gasteiger partial charge in [0.25, 0.3) is 11.9 Å². The van der Waals surface area contributed by atoms with Gasteiger partial charge in [0, 0.05) is 60.9 Å². The van der Waals surface area contributed by atoms with Gasteiger partial charge in [-0.1, -0.05) is 19.1 Å². The molecule has 11 heteroatoms. The van der Waals surface area contributed by atoms with Crippen LogP contribution in [0, 0.1) is 17.0 Å². The third kappa shape index (κ3) is 5.26. The second-order valence-electron chi connectivity index (χ2n) is 9.89. The predicted molar refractivity (Wildman–Crippen MR) is 143 cm³/mol. The summed E-state index contributed by atoms with van der Waals surface area (Å²) in [6, 6.07) is 10.8. The van der Waals surface area contributed by atoms with Gasteiger partial charge in [-0.15, -0.1) is 0 Å². The molecule has 0 unspecified atom stereocenters. The molecule has 3 N–H and O–H groups in total. The molecule has 1 aliphatic rings. The Morgan fingerprint density at radius 3 is 2.67 bits per heavy atom. The fourth-order valence-electron chi connectivity index (χ4n) is 4.15. The Kier molecular flexibility index (Phi) is 6.92. The topological polar surface area (TPSA) is 112 Å². The van der Waals surface area contributed by atoms with Crippen LogP contribution in [0.25, 0.3) is 22.2 Å². The van der Waals surface area contributed by atoms with Crippen molar-refractivity contribution in [1.82, 2.24) is 14.9 Å². The molecule has 1 atom stereocenters. The Bertz CT molecular complexity index is 1560. The molecule has 0 saturated heterocycles. The minimum atomic E-state index is -0.935. The number of anilines is 1. The molecule has 9 nitrogen and oxygen atoms in total. The lowest BCUT2D eigenvalue weighted by Gasteiger charge is -2.30. The van der Waals surface area contributed by atoms with Gasteiger partial charge >= 0.3 is 0 Å². The summed E-state index contributed by atoms with van der Waals surface area (Å²) in [5.41, 5.74) is 1.89. The number of nitrogens with zero attached hydrogens (tertiary/aromatic N) is 3. The molecule has 0 aliphatic carbocycles. The lowest BCUT2D eigenvalue weighted by Crippen LogP contribution is -2.38. The van der Waals surface area contributed by atoms with E-state index >= 15 is 8.78 Å². The molecular formula is C28H27F2N5O4. The highest BCUT2D eigenvalue weighted by Crippen LogP contribution is 2.39. The highest BCUT2D eigenvalue weighted by Gasteiger charge is 2.29. The van der Waals surface area contributed by atoms with Gasteiger partial charge in [-0.25, -0.2) is 18.8 Å². The van der Waals surface area contributed by atoms with Crippen molar-refractivity contribution in [3.63, 3.8) is 0 Å². The zero-order valence-corrected chi connectivity index (χ0v) is 21.6. The predicted octanol–water partition coefficient (Wildman–Crippen LogP) is 4.80. The highest BCUT2D eigenvalue weighted by molar-refractivity contribution is 6.00. The van der Waals surface area contributed by atoms with Crippen LogP contribution < -0.4 is 10.1 Å². The third-order valence-corrected chi connectivity index (χ3v) is 6.37. The summed E-state index contributed by atoms with van der Waals surface area (Å²) in [6.07, 6.45) is 3.17. The van der Waals surface area contributed by atoms with E-state index in [4.69, 9.17) is 9.47 Å². The van der Waals surface area contributed by atoms with E-state index in [1.165, 1.54) is 17.2 Å². The fraction of sp³-hybridized carbons (Fsp3) is 0.250. The van der Waals surface area contributed by atoms with Crippen molar-refractivity contribution in [2.75, 3.05) is 39.2 Å². The van der Waals surface area contributed by atoms with Gasteiger partial charge in [0.05, 0.1) is 18.5 Å². The number of amidine groups is 1. The normalized spacial score (nSPS) is 16.9. The first-order valence-corrected chi connectivity index (χ1v) is 12.2. The van der Waals surface area contributed by atoms with Gasteiger partial charge < -0.3 is 29.8 Å². The molecule has 0 saturated carbocycles. The van der Waals surface area contributed by atoms with Crippen LogP contribution in [0.1, 0.15) is 17.3 Å². The van der Waals surface area contributed by atoms with Crippen LogP contribution in [0.4, 0.5) is 14.5 Å². The smallest absolute Gasteiger partial charge is 0.289 e. The first-order chi connectivity index (χ1) is 18.7. The van der Waals surface area contributed by atoms with Crippen molar-refractivity contribution in [3.8, 4) is 22.6 Å². The number of benzene rings is 2. The largest absolute Gasteiger partial charge is 0.464 e. The van der Waals surface area contributed by atoms with Crippen LogP contribution in [-0.4, -0.2) is 65.8 Å². The molecule has 0 radical (unpaired) electrons. The van der Waals surface area contributed by atoms with Gasteiger partial charge in [-0.3, -0.25) is 4.79 Å². The number of fused-ring (bicyclic) bond motifs is 1. The zero-order chi connectivity index (χ0) is 27.7. The molecule has 39 heavy (non-hydrogen) atoms. The monoisotopic (exact) mass is 535 g/mol. The Morgan fingerprint density at radius 2 is 2.00 bits per heavy atom. The second-order valence-corrected chi connectivity index (χ2v) is 9.89. The van der Waals surface area contributed by atoms with Crippen molar-refractivity contribution in [1.29, 1.82) is 0 Å². The number of hydrogen-bond donors (Lipinski definition) is 3. The Labute approximate surface area is 223 Å². The molecule has 202 valence electrons. The molecular weight excluding hydrogens is 508 g/mol. The molecule has 1 amide bonds. The number of halogens is 2. The number of carbonyl (C=O) groups is 1. The second kappa shape index (κ2) is 10.3. The van der Waals surface area contributed by atoms with Crippen molar-refractivity contribution in [2.24, 2.45) is 10.4 Å².